The zero-order valence-electron chi connectivity index (χ0n) is 17.8. The highest BCUT2D eigenvalue weighted by atomic mass is 32.1. The standard InChI is InChI=1S/C24H23N3O3S/c1-15-20(23(29)30-4)21(17-8-6-5-7-9-17)27-22(28)19(31-24(27)25-15)14-16-10-12-18(13-11-16)26(2)3/h5-14,21H,1-4H3/b19-14+. The average Bonchev–Trinajstić information content (AvgIpc) is 3.07. The summed E-state index contributed by atoms with van der Waals surface area (Å²) in [5.41, 5.74) is 3.60. The topological polar surface area (TPSA) is 63.9 Å². The monoisotopic (exact) mass is 433 g/mol. The molecule has 1 aliphatic rings. The van der Waals surface area contributed by atoms with Gasteiger partial charge in [0, 0.05) is 19.8 Å². The van der Waals surface area contributed by atoms with E-state index in [1.807, 2.05) is 79.7 Å². The quantitative estimate of drug-likeness (QED) is 0.593. The summed E-state index contributed by atoms with van der Waals surface area (Å²) in [5, 5.41) is 0. The molecule has 3 aromatic rings. The van der Waals surface area contributed by atoms with Crippen molar-refractivity contribution in [3.05, 3.63) is 96.7 Å². The Labute approximate surface area is 184 Å². The Bertz CT molecular complexity index is 1330. The number of nitrogens with zero attached hydrogens (tertiary/aromatic N) is 3. The molecule has 0 N–H and O–H groups in total. The smallest absolute Gasteiger partial charge is 0.338 e. The van der Waals surface area contributed by atoms with Crippen molar-refractivity contribution in [3.8, 4) is 0 Å². The van der Waals surface area contributed by atoms with E-state index in [-0.39, 0.29) is 5.56 Å². The van der Waals surface area contributed by atoms with E-state index < -0.39 is 12.0 Å². The number of ether oxygens (including phenoxy) is 1. The van der Waals surface area contributed by atoms with Crippen molar-refractivity contribution in [1.82, 2.24) is 4.57 Å². The van der Waals surface area contributed by atoms with Crippen molar-refractivity contribution in [2.45, 2.75) is 13.0 Å². The van der Waals surface area contributed by atoms with Crippen molar-refractivity contribution in [2.24, 2.45) is 4.99 Å². The molecule has 0 fully saturated rings. The Hall–Kier alpha value is -3.45. The third kappa shape index (κ3) is 3.84. The first kappa shape index (κ1) is 20.8. The van der Waals surface area contributed by atoms with E-state index >= 15 is 0 Å². The minimum Gasteiger partial charge on any atom is -0.466 e. The number of fused-ring (bicyclic) bond motifs is 1. The molecule has 2 heterocycles. The number of benzene rings is 2. The molecule has 4 rings (SSSR count). The maximum Gasteiger partial charge on any atom is 0.338 e. The summed E-state index contributed by atoms with van der Waals surface area (Å²) in [7, 11) is 5.31. The van der Waals surface area contributed by atoms with Crippen LogP contribution in [0, 0.1) is 0 Å². The number of aromatic nitrogens is 1. The first-order valence-electron chi connectivity index (χ1n) is 9.84. The lowest BCUT2D eigenvalue weighted by atomic mass is 9.96. The number of hydrogen-bond donors (Lipinski definition) is 0. The number of carbonyl (C=O) groups excluding carboxylic acids is 1. The SMILES string of the molecule is COC(=O)C1=C(C)N=c2s/c(=C/c3ccc(N(C)C)cc3)c(=O)n2C1c1ccccc1. The van der Waals surface area contributed by atoms with Crippen LogP contribution >= 0.6 is 11.3 Å². The molecule has 31 heavy (non-hydrogen) atoms. The van der Waals surface area contributed by atoms with Crippen LogP contribution in [-0.4, -0.2) is 31.7 Å². The predicted molar refractivity (Wildman–Crippen MR) is 123 cm³/mol. The fourth-order valence-corrected chi connectivity index (χ4v) is 4.71. The zero-order valence-corrected chi connectivity index (χ0v) is 18.6. The number of esters is 1. The molecular weight excluding hydrogens is 410 g/mol. The van der Waals surface area contributed by atoms with Gasteiger partial charge in [0.15, 0.2) is 4.80 Å². The Morgan fingerprint density at radius 1 is 1.13 bits per heavy atom. The normalized spacial score (nSPS) is 16.0. The largest absolute Gasteiger partial charge is 0.466 e. The maximum atomic E-state index is 13.4. The van der Waals surface area contributed by atoms with Crippen molar-refractivity contribution < 1.29 is 9.53 Å². The second kappa shape index (κ2) is 8.35. The van der Waals surface area contributed by atoms with Gasteiger partial charge in [-0.15, -0.1) is 0 Å². The van der Waals surface area contributed by atoms with Crippen molar-refractivity contribution in [3.63, 3.8) is 0 Å². The third-order valence-corrected chi connectivity index (χ3v) is 6.23. The molecule has 158 valence electrons. The van der Waals surface area contributed by atoms with Gasteiger partial charge in [-0.3, -0.25) is 9.36 Å². The number of anilines is 1. The van der Waals surface area contributed by atoms with Crippen LogP contribution in [-0.2, 0) is 9.53 Å². The van der Waals surface area contributed by atoms with Gasteiger partial charge < -0.3 is 9.64 Å². The van der Waals surface area contributed by atoms with E-state index in [2.05, 4.69) is 4.99 Å². The Morgan fingerprint density at radius 3 is 2.42 bits per heavy atom. The zero-order chi connectivity index (χ0) is 22.1. The van der Waals surface area contributed by atoms with E-state index in [4.69, 9.17) is 4.74 Å². The molecule has 0 bridgehead atoms. The Balaban J connectivity index is 1.91. The van der Waals surface area contributed by atoms with Gasteiger partial charge in [0.2, 0.25) is 0 Å². The molecule has 2 aromatic carbocycles. The van der Waals surface area contributed by atoms with E-state index in [0.29, 0.717) is 20.6 Å². The number of hydrogen-bond acceptors (Lipinski definition) is 6. The van der Waals surface area contributed by atoms with Gasteiger partial charge in [-0.05, 0) is 36.3 Å². The summed E-state index contributed by atoms with van der Waals surface area (Å²) in [4.78, 5) is 33.2. The molecule has 1 unspecified atom stereocenters. The molecule has 1 aliphatic heterocycles. The summed E-state index contributed by atoms with van der Waals surface area (Å²) in [6.45, 7) is 1.78. The number of methoxy groups -OCH3 is 1. The lowest BCUT2D eigenvalue weighted by Crippen LogP contribution is -2.39. The molecule has 1 atom stereocenters. The average molecular weight is 434 g/mol. The minimum atomic E-state index is -0.580. The van der Waals surface area contributed by atoms with Crippen LogP contribution in [0.25, 0.3) is 6.08 Å². The van der Waals surface area contributed by atoms with Gasteiger partial charge in [-0.2, -0.15) is 0 Å². The van der Waals surface area contributed by atoms with Crippen LogP contribution in [0.15, 0.2) is 75.7 Å². The maximum absolute atomic E-state index is 13.4. The first-order valence-corrected chi connectivity index (χ1v) is 10.7. The second-order valence-corrected chi connectivity index (χ2v) is 8.48. The van der Waals surface area contributed by atoms with Crippen LogP contribution < -0.4 is 19.8 Å². The summed E-state index contributed by atoms with van der Waals surface area (Å²) in [6.07, 6.45) is 1.86. The van der Waals surface area contributed by atoms with E-state index in [0.717, 1.165) is 16.8 Å². The lowest BCUT2D eigenvalue weighted by Gasteiger charge is -2.24. The van der Waals surface area contributed by atoms with E-state index in [1.165, 1.54) is 18.4 Å². The van der Waals surface area contributed by atoms with Gasteiger partial charge in [0.25, 0.3) is 5.56 Å². The fourth-order valence-electron chi connectivity index (χ4n) is 3.66. The van der Waals surface area contributed by atoms with Crippen LogP contribution in [0.2, 0.25) is 0 Å². The minimum absolute atomic E-state index is 0.178. The molecule has 0 amide bonds. The summed E-state index contributed by atoms with van der Waals surface area (Å²) >= 11 is 1.32. The number of thiazole rings is 1. The second-order valence-electron chi connectivity index (χ2n) is 7.47. The van der Waals surface area contributed by atoms with Crippen molar-refractivity contribution >= 4 is 29.1 Å². The number of rotatable bonds is 4. The van der Waals surface area contributed by atoms with Crippen LogP contribution in [0.3, 0.4) is 0 Å². The van der Waals surface area contributed by atoms with E-state index in [9.17, 15) is 9.59 Å². The molecule has 1 aromatic heterocycles. The third-order valence-electron chi connectivity index (χ3n) is 5.25. The van der Waals surface area contributed by atoms with E-state index in [1.54, 1.807) is 11.5 Å². The van der Waals surface area contributed by atoms with Crippen LogP contribution in [0.4, 0.5) is 5.69 Å². The summed E-state index contributed by atoms with van der Waals surface area (Å²) in [5.74, 6) is -0.483. The molecule has 0 radical (unpaired) electrons. The summed E-state index contributed by atoms with van der Waals surface area (Å²) in [6, 6.07) is 16.9. The summed E-state index contributed by atoms with van der Waals surface area (Å²) < 4.78 is 7.18. The fraction of sp³-hybridized carbons (Fsp3) is 0.208. The van der Waals surface area contributed by atoms with Crippen molar-refractivity contribution in [1.29, 1.82) is 0 Å². The highest BCUT2D eigenvalue weighted by Crippen LogP contribution is 2.30. The van der Waals surface area contributed by atoms with Gasteiger partial charge in [0.05, 0.1) is 29.0 Å². The van der Waals surface area contributed by atoms with Crippen LogP contribution in [0.1, 0.15) is 24.1 Å². The highest BCUT2D eigenvalue weighted by molar-refractivity contribution is 7.07. The molecule has 0 saturated heterocycles. The Kier molecular flexibility index (Phi) is 5.61. The molecule has 7 heteroatoms. The lowest BCUT2D eigenvalue weighted by molar-refractivity contribution is -0.136. The van der Waals surface area contributed by atoms with Crippen molar-refractivity contribution in [2.75, 3.05) is 26.1 Å². The number of carbonyl (C=O) groups is 1. The molecule has 6 nitrogen and oxygen atoms in total. The first-order chi connectivity index (χ1) is 14.9. The molecule has 0 aliphatic carbocycles. The number of allylic oxidation sites excluding steroid dienone is 1. The predicted octanol–water partition coefficient (Wildman–Crippen LogP) is 2.47. The van der Waals surface area contributed by atoms with Crippen LogP contribution in [0.5, 0.6) is 0 Å². The molecule has 0 saturated carbocycles. The van der Waals surface area contributed by atoms with Gasteiger partial charge in [-0.25, -0.2) is 9.79 Å². The highest BCUT2D eigenvalue weighted by Gasteiger charge is 2.32. The molecule has 0 spiro atoms. The van der Waals surface area contributed by atoms with Gasteiger partial charge in [-0.1, -0.05) is 53.8 Å². The Morgan fingerprint density at radius 2 is 1.81 bits per heavy atom. The van der Waals surface area contributed by atoms with Gasteiger partial charge in [0.1, 0.15) is 0 Å². The van der Waals surface area contributed by atoms with Gasteiger partial charge >= 0.3 is 5.97 Å². The molecular formula is C24H23N3O3S.